The van der Waals surface area contributed by atoms with E-state index in [4.69, 9.17) is 9.47 Å². The van der Waals surface area contributed by atoms with Gasteiger partial charge in [-0.3, -0.25) is 0 Å². The third kappa shape index (κ3) is 6.18. The Hall–Kier alpha value is -2.30. The van der Waals surface area contributed by atoms with Gasteiger partial charge in [0.2, 0.25) is 0 Å². The molecule has 0 saturated carbocycles. The van der Waals surface area contributed by atoms with Crippen molar-refractivity contribution in [2.75, 3.05) is 13.2 Å². The first-order valence-electron chi connectivity index (χ1n) is 11.5. The second kappa shape index (κ2) is 10.3. The summed E-state index contributed by atoms with van der Waals surface area (Å²) in [6, 6.07) is 11.6. The van der Waals surface area contributed by atoms with Crippen LogP contribution in [0.1, 0.15) is 81.8 Å². The molecule has 1 aliphatic carbocycles. The van der Waals surface area contributed by atoms with Crippen LogP contribution in [-0.2, 0) is 20.4 Å². The van der Waals surface area contributed by atoms with Crippen LogP contribution in [0.25, 0.3) is 0 Å². The van der Waals surface area contributed by atoms with Gasteiger partial charge in [-0.15, -0.1) is 0 Å². The Kier molecular flexibility index (Phi) is 7.92. The summed E-state index contributed by atoms with van der Waals surface area (Å²) < 4.78 is 13.5. The molecular weight excluding hydrogens is 483 g/mol. The van der Waals surface area contributed by atoms with Gasteiger partial charge in [0, 0.05) is 0 Å². The first kappa shape index (κ1) is 25.3. The summed E-state index contributed by atoms with van der Waals surface area (Å²) in [6.45, 7) is 11.8. The Balaban J connectivity index is 1.91. The second-order valence-electron chi connectivity index (χ2n) is 9.80. The van der Waals surface area contributed by atoms with Gasteiger partial charge in [0.1, 0.15) is 0 Å². The van der Waals surface area contributed by atoms with Crippen LogP contribution in [0.4, 0.5) is 0 Å². The maximum atomic E-state index is 11.7. The molecule has 2 aromatic rings. The molecule has 2 aromatic carbocycles. The molecule has 1 aliphatic rings. The standard InChI is InChI=1S/C27H34O5Se/c1-6-31-24(28)8-7-15-32-22-16-20-21(27(4,5)14-13-26(20,2)3)17-23(22)33-19-11-9-18(10-12-19)25(29)30/h9-12,16-17H,6-8,13-15H2,1-5H3,(H,29,30). The van der Waals surface area contributed by atoms with Gasteiger partial charge in [-0.25, -0.2) is 0 Å². The summed E-state index contributed by atoms with van der Waals surface area (Å²) in [7, 11) is 0. The molecule has 0 spiro atoms. The minimum atomic E-state index is -0.919. The number of benzene rings is 2. The van der Waals surface area contributed by atoms with Crippen LogP contribution < -0.4 is 13.7 Å². The zero-order chi connectivity index (χ0) is 24.2. The Morgan fingerprint density at radius 2 is 1.61 bits per heavy atom. The van der Waals surface area contributed by atoms with Crippen LogP contribution in [0.15, 0.2) is 36.4 Å². The fourth-order valence-corrected chi connectivity index (χ4v) is 6.12. The van der Waals surface area contributed by atoms with E-state index in [0.29, 0.717) is 31.6 Å². The number of carbonyl (C=O) groups excluding carboxylic acids is 1. The molecule has 0 amide bonds. The molecule has 6 heteroatoms. The minimum absolute atomic E-state index is 0.0415. The van der Waals surface area contributed by atoms with Gasteiger partial charge in [0.25, 0.3) is 0 Å². The number of carboxylic acid groups (broad SMARTS) is 1. The van der Waals surface area contributed by atoms with Gasteiger partial charge >= 0.3 is 203 Å². The summed E-state index contributed by atoms with van der Waals surface area (Å²) in [6.07, 6.45) is 3.20. The zero-order valence-electron chi connectivity index (χ0n) is 20.2. The molecule has 33 heavy (non-hydrogen) atoms. The summed E-state index contributed by atoms with van der Waals surface area (Å²) in [5.41, 5.74) is 3.16. The van der Waals surface area contributed by atoms with Gasteiger partial charge in [-0.05, 0) is 0 Å². The van der Waals surface area contributed by atoms with Gasteiger partial charge in [-0.1, -0.05) is 0 Å². The van der Waals surface area contributed by atoms with Crippen LogP contribution in [0.2, 0.25) is 0 Å². The number of hydrogen-bond acceptors (Lipinski definition) is 4. The van der Waals surface area contributed by atoms with Crippen molar-refractivity contribution < 1.29 is 24.2 Å². The zero-order valence-corrected chi connectivity index (χ0v) is 21.9. The third-order valence-electron chi connectivity index (χ3n) is 6.33. The van der Waals surface area contributed by atoms with Crippen LogP contribution in [0, 0.1) is 0 Å². The topological polar surface area (TPSA) is 72.8 Å². The SMILES string of the molecule is CCOC(=O)CCCOc1cc2c(cc1[Se]c1ccc(C(=O)O)cc1)C(C)(C)CCC2(C)C. The van der Waals surface area contributed by atoms with E-state index in [2.05, 4.69) is 39.8 Å². The summed E-state index contributed by atoms with van der Waals surface area (Å²) in [4.78, 5) is 22.9. The molecule has 0 aromatic heterocycles. The van der Waals surface area contributed by atoms with Crippen molar-refractivity contribution in [2.45, 2.75) is 71.1 Å². The fraction of sp³-hybridized carbons (Fsp3) is 0.481. The number of fused-ring (bicyclic) bond motifs is 1. The van der Waals surface area contributed by atoms with E-state index in [9.17, 15) is 14.7 Å². The van der Waals surface area contributed by atoms with Crippen molar-refractivity contribution in [3.63, 3.8) is 0 Å². The number of carbonyl (C=O) groups is 2. The number of ether oxygens (including phenoxy) is 2. The molecule has 0 radical (unpaired) electrons. The predicted molar refractivity (Wildman–Crippen MR) is 132 cm³/mol. The molecule has 5 nitrogen and oxygen atoms in total. The predicted octanol–water partition coefficient (Wildman–Crippen LogP) is 4.11. The molecule has 0 atom stereocenters. The van der Waals surface area contributed by atoms with Crippen LogP contribution in [-0.4, -0.2) is 45.2 Å². The normalized spacial score (nSPS) is 16.0. The van der Waals surface area contributed by atoms with E-state index in [-0.39, 0.29) is 31.8 Å². The Morgan fingerprint density at radius 3 is 2.18 bits per heavy atom. The van der Waals surface area contributed by atoms with Crippen molar-refractivity contribution in [2.24, 2.45) is 0 Å². The molecule has 3 rings (SSSR count). The van der Waals surface area contributed by atoms with Crippen molar-refractivity contribution in [1.29, 1.82) is 0 Å². The van der Waals surface area contributed by atoms with Crippen molar-refractivity contribution >= 4 is 35.8 Å². The number of hydrogen-bond donors (Lipinski definition) is 1. The van der Waals surface area contributed by atoms with Gasteiger partial charge in [0.15, 0.2) is 0 Å². The van der Waals surface area contributed by atoms with Gasteiger partial charge in [-0.2, -0.15) is 0 Å². The molecule has 178 valence electrons. The third-order valence-corrected chi connectivity index (χ3v) is 8.53. The maximum absolute atomic E-state index is 11.7. The van der Waals surface area contributed by atoms with E-state index in [1.807, 2.05) is 19.1 Å². The van der Waals surface area contributed by atoms with E-state index in [0.717, 1.165) is 27.5 Å². The first-order valence-corrected chi connectivity index (χ1v) is 13.2. The first-order chi connectivity index (χ1) is 15.5. The number of aromatic carboxylic acids is 1. The van der Waals surface area contributed by atoms with E-state index in [1.165, 1.54) is 11.1 Å². The quantitative estimate of drug-likeness (QED) is 0.308. The van der Waals surface area contributed by atoms with Gasteiger partial charge in [0.05, 0.1) is 0 Å². The molecule has 0 fully saturated rings. The Labute approximate surface area is 203 Å². The van der Waals surface area contributed by atoms with Crippen molar-refractivity contribution in [1.82, 2.24) is 0 Å². The summed E-state index contributed by atoms with van der Waals surface area (Å²) in [5, 5.41) is 9.19. The van der Waals surface area contributed by atoms with Gasteiger partial charge < -0.3 is 0 Å². The van der Waals surface area contributed by atoms with E-state index in [1.54, 1.807) is 12.1 Å². The average Bonchev–Trinajstić information content (AvgIpc) is 2.75. The number of carboxylic acids is 1. The molecule has 0 heterocycles. The molecule has 0 unspecified atom stereocenters. The molecule has 0 saturated heterocycles. The molecule has 1 N–H and O–H groups in total. The molecule has 0 bridgehead atoms. The Morgan fingerprint density at radius 1 is 1.00 bits per heavy atom. The summed E-state index contributed by atoms with van der Waals surface area (Å²) in [5.74, 6) is -0.250. The van der Waals surface area contributed by atoms with Crippen molar-refractivity contribution in [3.8, 4) is 5.75 Å². The average molecular weight is 518 g/mol. The van der Waals surface area contributed by atoms with Crippen LogP contribution in [0.5, 0.6) is 5.75 Å². The van der Waals surface area contributed by atoms with E-state index < -0.39 is 5.97 Å². The molecular formula is C27H34O5Se. The fourth-order valence-electron chi connectivity index (χ4n) is 4.19. The monoisotopic (exact) mass is 518 g/mol. The Bertz CT molecular complexity index is 1010. The van der Waals surface area contributed by atoms with Crippen molar-refractivity contribution in [3.05, 3.63) is 53.1 Å². The summed E-state index contributed by atoms with van der Waals surface area (Å²) >= 11 is -0.0415. The number of esters is 1. The van der Waals surface area contributed by atoms with E-state index >= 15 is 0 Å². The second-order valence-corrected chi connectivity index (χ2v) is 12.1. The molecule has 0 aliphatic heterocycles. The van der Waals surface area contributed by atoms with Crippen LogP contribution >= 0.6 is 0 Å². The van der Waals surface area contributed by atoms with Crippen LogP contribution in [0.3, 0.4) is 0 Å². The number of rotatable bonds is 9.